The number of carbonyl (C=O) groups is 2. The van der Waals surface area contributed by atoms with Gasteiger partial charge in [-0.2, -0.15) is 0 Å². The summed E-state index contributed by atoms with van der Waals surface area (Å²) in [6.45, 7) is 1.68. The molecule has 0 spiro atoms. The van der Waals surface area contributed by atoms with Crippen molar-refractivity contribution in [1.29, 1.82) is 0 Å². The van der Waals surface area contributed by atoms with Crippen molar-refractivity contribution in [3.05, 3.63) is 54.2 Å². The Bertz CT molecular complexity index is 783. The maximum Gasteiger partial charge on any atom is 0.312 e. The lowest BCUT2D eigenvalue weighted by atomic mass is 10.1. The summed E-state index contributed by atoms with van der Waals surface area (Å²) in [5.74, 6) is -0.715. The highest BCUT2D eigenvalue weighted by atomic mass is 16.2. The Kier molecular flexibility index (Phi) is 4.69. The molecule has 26 heavy (non-hydrogen) atoms. The van der Waals surface area contributed by atoms with Gasteiger partial charge in [0.2, 0.25) is 0 Å². The van der Waals surface area contributed by atoms with Crippen molar-refractivity contribution in [2.45, 2.75) is 38.3 Å². The van der Waals surface area contributed by atoms with Crippen LogP contribution in [0.25, 0.3) is 11.3 Å². The Labute approximate surface area is 153 Å². The molecule has 0 bridgehead atoms. The quantitative estimate of drug-likeness (QED) is 0.798. The zero-order valence-electron chi connectivity index (χ0n) is 14.8. The topological polar surface area (TPSA) is 53.5 Å². The van der Waals surface area contributed by atoms with Crippen LogP contribution in [0.3, 0.4) is 0 Å². The smallest absolute Gasteiger partial charge is 0.312 e. The van der Waals surface area contributed by atoms with E-state index in [9.17, 15) is 9.59 Å². The molecule has 0 atom stereocenters. The fraction of sp³-hybridized carbons (Fsp3) is 0.381. The average Bonchev–Trinajstić information content (AvgIpc) is 3.21. The third-order valence-electron chi connectivity index (χ3n) is 5.38. The highest BCUT2D eigenvalue weighted by molar-refractivity contribution is 6.35. The Morgan fingerprint density at radius 1 is 0.923 bits per heavy atom. The number of piperazine rings is 1. The lowest BCUT2D eigenvalue weighted by Crippen LogP contribution is -2.56. The molecule has 1 saturated carbocycles. The van der Waals surface area contributed by atoms with E-state index in [0.717, 1.165) is 42.5 Å². The van der Waals surface area contributed by atoms with E-state index in [2.05, 4.69) is 4.98 Å². The number of aromatic nitrogens is 1. The second kappa shape index (κ2) is 7.28. The number of benzene rings is 1. The van der Waals surface area contributed by atoms with Gasteiger partial charge < -0.3 is 9.80 Å². The van der Waals surface area contributed by atoms with Crippen LogP contribution >= 0.6 is 0 Å². The number of hydrogen-bond donors (Lipinski definition) is 0. The molecule has 5 nitrogen and oxygen atoms in total. The molecule has 0 N–H and O–H groups in total. The second-order valence-electron chi connectivity index (χ2n) is 7.08. The first-order valence-electron chi connectivity index (χ1n) is 9.32. The summed E-state index contributed by atoms with van der Waals surface area (Å²) in [6, 6.07) is 14.2. The predicted molar refractivity (Wildman–Crippen MR) is 99.1 cm³/mol. The van der Waals surface area contributed by atoms with Gasteiger partial charge in [0.15, 0.2) is 0 Å². The number of hydrogen-bond acceptors (Lipinski definition) is 3. The largest absolute Gasteiger partial charge is 0.330 e. The normalized spacial score (nSPS) is 18.6. The van der Waals surface area contributed by atoms with Crippen LogP contribution in [0.1, 0.15) is 31.2 Å². The minimum absolute atomic E-state index is 0.264. The van der Waals surface area contributed by atoms with E-state index >= 15 is 0 Å². The highest BCUT2D eigenvalue weighted by Gasteiger charge is 2.37. The monoisotopic (exact) mass is 349 g/mol. The molecule has 0 radical (unpaired) electrons. The van der Waals surface area contributed by atoms with Crippen molar-refractivity contribution < 1.29 is 9.59 Å². The Hall–Kier alpha value is -2.69. The van der Waals surface area contributed by atoms with E-state index in [4.69, 9.17) is 0 Å². The SMILES string of the molecule is O=C1C(=O)N(C2CCCC2)CCN1Cc1ccc(-c2ccccc2)nc1. The molecular formula is C21H23N3O2. The molecule has 2 aromatic rings. The van der Waals surface area contributed by atoms with Crippen LogP contribution in [0.15, 0.2) is 48.7 Å². The zero-order valence-corrected chi connectivity index (χ0v) is 14.8. The van der Waals surface area contributed by atoms with Gasteiger partial charge >= 0.3 is 11.8 Å². The summed E-state index contributed by atoms with van der Waals surface area (Å²) in [7, 11) is 0. The molecule has 1 saturated heterocycles. The van der Waals surface area contributed by atoms with Gasteiger partial charge in [-0.1, -0.05) is 49.2 Å². The molecule has 2 fully saturated rings. The molecule has 1 aromatic carbocycles. The standard InChI is InChI=1S/C21H23N3O2/c25-20-21(26)24(18-8-4-5-9-18)13-12-23(20)15-16-10-11-19(22-14-16)17-6-2-1-3-7-17/h1-3,6-7,10-11,14,18H,4-5,8-9,12-13,15H2. The fourth-order valence-corrected chi connectivity index (χ4v) is 3.92. The summed E-state index contributed by atoms with van der Waals surface area (Å²) in [6.07, 6.45) is 6.18. The molecule has 2 heterocycles. The summed E-state index contributed by atoms with van der Waals surface area (Å²) in [5, 5.41) is 0. The van der Waals surface area contributed by atoms with Crippen molar-refractivity contribution in [1.82, 2.24) is 14.8 Å². The van der Waals surface area contributed by atoms with E-state index in [1.807, 2.05) is 42.5 Å². The van der Waals surface area contributed by atoms with Crippen LogP contribution in [0.2, 0.25) is 0 Å². The predicted octanol–water partition coefficient (Wildman–Crippen LogP) is 2.86. The van der Waals surface area contributed by atoms with Crippen LogP contribution in [0.5, 0.6) is 0 Å². The van der Waals surface area contributed by atoms with Crippen molar-refractivity contribution in [2.24, 2.45) is 0 Å². The Balaban J connectivity index is 1.41. The zero-order chi connectivity index (χ0) is 17.9. The van der Waals surface area contributed by atoms with Crippen LogP contribution in [0.4, 0.5) is 0 Å². The molecule has 1 aromatic heterocycles. The van der Waals surface area contributed by atoms with E-state index in [1.165, 1.54) is 0 Å². The van der Waals surface area contributed by atoms with Gasteiger partial charge in [0.1, 0.15) is 0 Å². The molecule has 0 unspecified atom stereocenters. The number of nitrogens with zero attached hydrogens (tertiary/aromatic N) is 3. The van der Waals surface area contributed by atoms with Gasteiger partial charge in [0.05, 0.1) is 5.69 Å². The van der Waals surface area contributed by atoms with Crippen molar-refractivity contribution in [3.8, 4) is 11.3 Å². The number of pyridine rings is 1. The van der Waals surface area contributed by atoms with Crippen LogP contribution in [-0.2, 0) is 16.1 Å². The summed E-state index contributed by atoms with van der Waals surface area (Å²) in [5.41, 5.74) is 2.92. The maximum atomic E-state index is 12.5. The first kappa shape index (κ1) is 16.8. The first-order chi connectivity index (χ1) is 12.7. The van der Waals surface area contributed by atoms with Crippen LogP contribution in [-0.4, -0.2) is 45.7 Å². The van der Waals surface area contributed by atoms with Gasteiger partial charge in [-0.3, -0.25) is 14.6 Å². The molecule has 2 amide bonds. The average molecular weight is 349 g/mol. The van der Waals surface area contributed by atoms with E-state index in [-0.39, 0.29) is 17.9 Å². The van der Waals surface area contributed by atoms with E-state index in [1.54, 1.807) is 16.0 Å². The maximum absolute atomic E-state index is 12.5. The fourth-order valence-electron chi connectivity index (χ4n) is 3.92. The first-order valence-corrected chi connectivity index (χ1v) is 9.32. The van der Waals surface area contributed by atoms with Crippen molar-refractivity contribution in [3.63, 3.8) is 0 Å². The van der Waals surface area contributed by atoms with Crippen molar-refractivity contribution >= 4 is 11.8 Å². The molecule has 134 valence electrons. The van der Waals surface area contributed by atoms with Gasteiger partial charge in [0, 0.05) is 37.4 Å². The Morgan fingerprint density at radius 2 is 1.69 bits per heavy atom. The minimum Gasteiger partial charge on any atom is -0.330 e. The van der Waals surface area contributed by atoms with E-state index < -0.39 is 0 Å². The number of carbonyl (C=O) groups excluding carboxylic acids is 2. The van der Waals surface area contributed by atoms with Crippen LogP contribution < -0.4 is 0 Å². The minimum atomic E-state index is -0.379. The number of amides is 2. The third kappa shape index (κ3) is 3.34. The molecule has 5 heteroatoms. The molecule has 4 rings (SSSR count). The second-order valence-corrected chi connectivity index (χ2v) is 7.08. The van der Waals surface area contributed by atoms with E-state index in [0.29, 0.717) is 19.6 Å². The van der Waals surface area contributed by atoms with Gasteiger partial charge in [-0.15, -0.1) is 0 Å². The molecular weight excluding hydrogens is 326 g/mol. The molecule has 1 aliphatic carbocycles. The lowest BCUT2D eigenvalue weighted by Gasteiger charge is -2.37. The highest BCUT2D eigenvalue weighted by Crippen LogP contribution is 2.25. The summed E-state index contributed by atoms with van der Waals surface area (Å²) >= 11 is 0. The van der Waals surface area contributed by atoms with Gasteiger partial charge in [-0.25, -0.2) is 0 Å². The lowest BCUT2D eigenvalue weighted by molar-refractivity contribution is -0.158. The third-order valence-corrected chi connectivity index (χ3v) is 5.38. The summed E-state index contributed by atoms with van der Waals surface area (Å²) < 4.78 is 0. The molecule has 2 aliphatic rings. The van der Waals surface area contributed by atoms with Crippen molar-refractivity contribution in [2.75, 3.05) is 13.1 Å². The van der Waals surface area contributed by atoms with Gasteiger partial charge in [0.25, 0.3) is 0 Å². The Morgan fingerprint density at radius 3 is 2.38 bits per heavy atom. The van der Waals surface area contributed by atoms with Gasteiger partial charge in [-0.05, 0) is 24.5 Å². The summed E-state index contributed by atoms with van der Waals surface area (Å²) in [4.78, 5) is 32.9. The molecule has 1 aliphatic heterocycles. The number of rotatable bonds is 4. The van der Waals surface area contributed by atoms with Crippen LogP contribution in [0, 0.1) is 0 Å².